The monoisotopic (exact) mass is 301 g/mol. The largest absolute Gasteiger partial charge is 0.349 e. The van der Waals surface area contributed by atoms with Gasteiger partial charge in [0.25, 0.3) is 5.91 Å². The zero-order valence-electron chi connectivity index (χ0n) is 9.71. The van der Waals surface area contributed by atoms with Crippen molar-refractivity contribution in [1.82, 2.24) is 5.32 Å². The van der Waals surface area contributed by atoms with Gasteiger partial charge in [0.2, 0.25) is 0 Å². The zero-order chi connectivity index (χ0) is 12.1. The van der Waals surface area contributed by atoms with Crippen molar-refractivity contribution in [2.75, 3.05) is 12.0 Å². The predicted molar refractivity (Wildman–Crippen MR) is 74.2 cm³/mol. The average molecular weight is 302 g/mol. The summed E-state index contributed by atoms with van der Waals surface area (Å²) in [6.45, 7) is 4.01. The van der Waals surface area contributed by atoms with Gasteiger partial charge in [-0.15, -0.1) is 0 Å². The third-order valence-corrected chi connectivity index (χ3v) is 3.92. The molecule has 1 rings (SSSR count). The predicted octanol–water partition coefficient (Wildman–Crippen LogP) is 3.24. The van der Waals surface area contributed by atoms with Gasteiger partial charge in [0.1, 0.15) is 0 Å². The van der Waals surface area contributed by atoms with E-state index >= 15 is 0 Å². The lowest BCUT2D eigenvalue weighted by Gasteiger charge is -2.12. The van der Waals surface area contributed by atoms with Crippen LogP contribution in [0.5, 0.6) is 0 Å². The Hall–Kier alpha value is -0.480. The quantitative estimate of drug-likeness (QED) is 0.925. The van der Waals surface area contributed by atoms with Gasteiger partial charge in [-0.2, -0.15) is 11.8 Å². The van der Waals surface area contributed by atoms with E-state index in [2.05, 4.69) is 21.2 Å². The second-order valence-corrected chi connectivity index (χ2v) is 5.56. The number of hydrogen-bond donors (Lipinski definition) is 1. The standard InChI is InChI=1S/C12H16BrNOS/c1-8-4-5-10(6-11(8)13)12(15)14-9(2)7-16-3/h4-6,9H,7H2,1-3H3,(H,14,15). The fraction of sp³-hybridized carbons (Fsp3) is 0.417. The van der Waals surface area contributed by atoms with Gasteiger partial charge in [-0.3, -0.25) is 4.79 Å². The van der Waals surface area contributed by atoms with Crippen molar-refractivity contribution in [3.8, 4) is 0 Å². The highest BCUT2D eigenvalue weighted by Crippen LogP contribution is 2.17. The van der Waals surface area contributed by atoms with E-state index in [0.717, 1.165) is 15.8 Å². The van der Waals surface area contributed by atoms with Crippen LogP contribution in [0.3, 0.4) is 0 Å². The highest BCUT2D eigenvalue weighted by molar-refractivity contribution is 9.10. The molecule has 0 aromatic heterocycles. The van der Waals surface area contributed by atoms with E-state index in [-0.39, 0.29) is 11.9 Å². The molecule has 1 unspecified atom stereocenters. The van der Waals surface area contributed by atoms with Crippen molar-refractivity contribution >= 4 is 33.6 Å². The van der Waals surface area contributed by atoms with Gasteiger partial charge in [0, 0.05) is 21.8 Å². The molecule has 0 bridgehead atoms. The molecule has 16 heavy (non-hydrogen) atoms. The molecule has 1 N–H and O–H groups in total. The second-order valence-electron chi connectivity index (χ2n) is 3.79. The molecule has 0 saturated carbocycles. The number of hydrogen-bond acceptors (Lipinski definition) is 2. The summed E-state index contributed by atoms with van der Waals surface area (Å²) in [5, 5.41) is 2.96. The average Bonchev–Trinajstić information content (AvgIpc) is 2.22. The van der Waals surface area contributed by atoms with Crippen LogP contribution < -0.4 is 5.32 Å². The summed E-state index contributed by atoms with van der Waals surface area (Å²) in [5.41, 5.74) is 1.83. The molecule has 0 aliphatic heterocycles. The third kappa shape index (κ3) is 3.83. The Morgan fingerprint density at radius 1 is 1.56 bits per heavy atom. The number of rotatable bonds is 4. The van der Waals surface area contributed by atoms with Crippen LogP contribution in [0.1, 0.15) is 22.8 Å². The number of nitrogens with one attached hydrogen (secondary N) is 1. The lowest BCUT2D eigenvalue weighted by Crippen LogP contribution is -2.34. The smallest absolute Gasteiger partial charge is 0.251 e. The Labute approximate surface area is 109 Å². The van der Waals surface area contributed by atoms with Crippen molar-refractivity contribution in [1.29, 1.82) is 0 Å². The van der Waals surface area contributed by atoms with Gasteiger partial charge in [-0.25, -0.2) is 0 Å². The maximum atomic E-state index is 11.9. The van der Waals surface area contributed by atoms with Crippen LogP contribution in [0, 0.1) is 6.92 Å². The van der Waals surface area contributed by atoms with E-state index in [1.165, 1.54) is 0 Å². The number of carbonyl (C=O) groups is 1. The Balaban J connectivity index is 2.69. The van der Waals surface area contributed by atoms with Gasteiger partial charge in [0.15, 0.2) is 0 Å². The number of aryl methyl sites for hydroxylation is 1. The fourth-order valence-electron chi connectivity index (χ4n) is 1.33. The van der Waals surface area contributed by atoms with Crippen molar-refractivity contribution < 1.29 is 4.79 Å². The number of carbonyl (C=O) groups excluding carboxylic acids is 1. The van der Waals surface area contributed by atoms with E-state index < -0.39 is 0 Å². The first-order valence-electron chi connectivity index (χ1n) is 5.10. The molecule has 1 amide bonds. The number of thioether (sulfide) groups is 1. The number of halogens is 1. The molecule has 1 atom stereocenters. The summed E-state index contributed by atoms with van der Waals surface area (Å²) in [6, 6.07) is 5.85. The van der Waals surface area contributed by atoms with E-state index in [0.29, 0.717) is 5.56 Å². The first-order valence-corrected chi connectivity index (χ1v) is 7.29. The molecular formula is C12H16BrNOS. The Bertz CT molecular complexity index is 381. The number of amides is 1. The first-order chi connectivity index (χ1) is 7.54. The third-order valence-electron chi connectivity index (χ3n) is 2.23. The van der Waals surface area contributed by atoms with E-state index in [9.17, 15) is 4.79 Å². The minimum Gasteiger partial charge on any atom is -0.349 e. The zero-order valence-corrected chi connectivity index (χ0v) is 12.1. The van der Waals surface area contributed by atoms with Gasteiger partial charge in [-0.1, -0.05) is 22.0 Å². The molecule has 2 nitrogen and oxygen atoms in total. The summed E-state index contributed by atoms with van der Waals surface area (Å²) in [6.07, 6.45) is 2.03. The fourth-order valence-corrected chi connectivity index (χ4v) is 2.30. The molecule has 1 aromatic carbocycles. The van der Waals surface area contributed by atoms with Gasteiger partial charge < -0.3 is 5.32 Å². The van der Waals surface area contributed by atoms with Crippen molar-refractivity contribution in [3.05, 3.63) is 33.8 Å². The summed E-state index contributed by atoms with van der Waals surface area (Å²) >= 11 is 5.16. The molecule has 88 valence electrons. The van der Waals surface area contributed by atoms with E-state index in [1.807, 2.05) is 38.3 Å². The molecule has 0 aliphatic rings. The van der Waals surface area contributed by atoms with Crippen LogP contribution >= 0.6 is 27.7 Å². The second kappa shape index (κ2) is 6.30. The molecule has 0 aliphatic carbocycles. The minimum absolute atomic E-state index is 0.0118. The summed E-state index contributed by atoms with van der Waals surface area (Å²) < 4.78 is 0.970. The van der Waals surface area contributed by atoms with Crippen molar-refractivity contribution in [3.63, 3.8) is 0 Å². The molecule has 0 heterocycles. The van der Waals surface area contributed by atoms with Crippen LogP contribution in [0.4, 0.5) is 0 Å². The van der Waals surface area contributed by atoms with Crippen LogP contribution in [0.2, 0.25) is 0 Å². The lowest BCUT2D eigenvalue weighted by molar-refractivity contribution is 0.0943. The molecule has 4 heteroatoms. The summed E-state index contributed by atoms with van der Waals surface area (Å²) in [7, 11) is 0. The summed E-state index contributed by atoms with van der Waals surface area (Å²) in [5.74, 6) is 0.918. The van der Waals surface area contributed by atoms with Gasteiger partial charge in [-0.05, 0) is 37.8 Å². The minimum atomic E-state index is -0.0118. The SMILES string of the molecule is CSCC(C)NC(=O)c1ccc(C)c(Br)c1. The van der Waals surface area contributed by atoms with Crippen molar-refractivity contribution in [2.24, 2.45) is 0 Å². The maximum Gasteiger partial charge on any atom is 0.251 e. The molecule has 0 saturated heterocycles. The van der Waals surface area contributed by atoms with Crippen LogP contribution in [0.25, 0.3) is 0 Å². The normalized spacial score (nSPS) is 12.2. The van der Waals surface area contributed by atoms with E-state index in [4.69, 9.17) is 0 Å². The van der Waals surface area contributed by atoms with Crippen LogP contribution in [-0.4, -0.2) is 24.0 Å². The molecular weight excluding hydrogens is 286 g/mol. The summed E-state index contributed by atoms with van der Waals surface area (Å²) in [4.78, 5) is 11.9. The highest BCUT2D eigenvalue weighted by Gasteiger charge is 2.10. The molecule has 0 radical (unpaired) electrons. The van der Waals surface area contributed by atoms with Gasteiger partial charge in [0.05, 0.1) is 0 Å². The Morgan fingerprint density at radius 2 is 2.25 bits per heavy atom. The first kappa shape index (κ1) is 13.6. The Kier molecular flexibility index (Phi) is 5.35. The van der Waals surface area contributed by atoms with Crippen LogP contribution in [-0.2, 0) is 0 Å². The number of benzene rings is 1. The lowest BCUT2D eigenvalue weighted by atomic mass is 10.1. The molecule has 0 fully saturated rings. The maximum absolute atomic E-state index is 11.9. The Morgan fingerprint density at radius 3 is 2.81 bits per heavy atom. The topological polar surface area (TPSA) is 29.1 Å². The van der Waals surface area contributed by atoms with Crippen LogP contribution in [0.15, 0.2) is 22.7 Å². The molecule has 1 aromatic rings. The van der Waals surface area contributed by atoms with Crippen molar-refractivity contribution in [2.45, 2.75) is 19.9 Å². The molecule has 0 spiro atoms. The van der Waals surface area contributed by atoms with E-state index in [1.54, 1.807) is 11.8 Å². The van der Waals surface area contributed by atoms with Gasteiger partial charge >= 0.3 is 0 Å². The highest BCUT2D eigenvalue weighted by atomic mass is 79.9.